The number of hydrogen-bond donors (Lipinski definition) is 1. The van der Waals surface area contributed by atoms with Gasteiger partial charge in [-0.3, -0.25) is 14.2 Å². The first-order chi connectivity index (χ1) is 12.9. The Kier molecular flexibility index (Phi) is 5.26. The van der Waals surface area contributed by atoms with Crippen LogP contribution in [0.3, 0.4) is 0 Å². The monoisotopic (exact) mass is 365 g/mol. The van der Waals surface area contributed by atoms with Crippen molar-refractivity contribution in [1.29, 1.82) is 0 Å². The Balaban J connectivity index is 2.05. The molecule has 2 aromatic carbocycles. The van der Waals surface area contributed by atoms with Crippen LogP contribution in [-0.2, 0) is 4.79 Å². The number of para-hydroxylation sites is 1. The van der Waals surface area contributed by atoms with E-state index in [4.69, 9.17) is 4.74 Å². The molecule has 0 aliphatic heterocycles. The fourth-order valence-electron chi connectivity index (χ4n) is 3.04. The van der Waals surface area contributed by atoms with Gasteiger partial charge in [0, 0.05) is 12.5 Å². The third-order valence-electron chi connectivity index (χ3n) is 4.25. The molecule has 1 amide bonds. The van der Waals surface area contributed by atoms with Gasteiger partial charge >= 0.3 is 0 Å². The summed E-state index contributed by atoms with van der Waals surface area (Å²) in [6, 6.07) is 12.5. The first-order valence-electron chi connectivity index (χ1n) is 8.87. The van der Waals surface area contributed by atoms with Crippen LogP contribution in [0.25, 0.3) is 16.6 Å². The minimum atomic E-state index is -0.142. The van der Waals surface area contributed by atoms with E-state index in [1.54, 1.807) is 35.8 Å². The number of aryl methyl sites for hydroxylation is 1. The highest BCUT2D eigenvalue weighted by molar-refractivity contribution is 5.92. The number of rotatable bonds is 5. The highest BCUT2D eigenvalue weighted by Crippen LogP contribution is 2.28. The third kappa shape index (κ3) is 3.84. The van der Waals surface area contributed by atoms with Gasteiger partial charge in [-0.25, -0.2) is 4.98 Å². The number of anilines is 1. The van der Waals surface area contributed by atoms with Gasteiger partial charge in [0.25, 0.3) is 5.56 Å². The van der Waals surface area contributed by atoms with Crippen LogP contribution in [-0.4, -0.2) is 22.6 Å². The predicted octanol–water partition coefficient (Wildman–Crippen LogP) is 3.69. The van der Waals surface area contributed by atoms with E-state index in [0.29, 0.717) is 40.3 Å². The van der Waals surface area contributed by atoms with E-state index in [2.05, 4.69) is 10.3 Å². The zero-order chi connectivity index (χ0) is 19.6. The number of aromatic nitrogens is 2. The summed E-state index contributed by atoms with van der Waals surface area (Å²) in [5.74, 6) is 1.26. The Bertz CT molecular complexity index is 1050. The molecule has 0 spiro atoms. The number of benzene rings is 2. The van der Waals surface area contributed by atoms with Gasteiger partial charge in [0.1, 0.15) is 11.6 Å². The van der Waals surface area contributed by atoms with Crippen LogP contribution in [0.2, 0.25) is 0 Å². The van der Waals surface area contributed by atoms with E-state index in [1.807, 2.05) is 32.0 Å². The minimum Gasteiger partial charge on any atom is -0.494 e. The van der Waals surface area contributed by atoms with Crippen molar-refractivity contribution in [3.8, 4) is 11.4 Å². The van der Waals surface area contributed by atoms with Crippen LogP contribution in [0.4, 0.5) is 5.69 Å². The number of nitrogens with one attached hydrogen (secondary N) is 1. The lowest BCUT2D eigenvalue weighted by Crippen LogP contribution is -2.22. The van der Waals surface area contributed by atoms with Crippen molar-refractivity contribution in [2.75, 3.05) is 12.4 Å². The first kappa shape index (κ1) is 18.6. The van der Waals surface area contributed by atoms with E-state index in [-0.39, 0.29) is 17.4 Å². The third-order valence-corrected chi connectivity index (χ3v) is 4.25. The Hall–Kier alpha value is -3.15. The number of hydrogen-bond acceptors (Lipinski definition) is 4. The largest absolute Gasteiger partial charge is 0.494 e. The Labute approximate surface area is 157 Å². The number of amides is 1. The zero-order valence-corrected chi connectivity index (χ0v) is 15.9. The molecule has 27 heavy (non-hydrogen) atoms. The summed E-state index contributed by atoms with van der Waals surface area (Å²) < 4.78 is 6.98. The van der Waals surface area contributed by atoms with Crippen molar-refractivity contribution >= 4 is 22.5 Å². The van der Waals surface area contributed by atoms with Gasteiger partial charge in [0.05, 0.1) is 29.4 Å². The molecule has 0 saturated heterocycles. The van der Waals surface area contributed by atoms with E-state index in [1.165, 1.54) is 7.11 Å². The highest BCUT2D eigenvalue weighted by Gasteiger charge is 2.14. The average molecular weight is 365 g/mol. The van der Waals surface area contributed by atoms with E-state index < -0.39 is 0 Å². The number of carbonyl (C=O) groups excluding carboxylic acids is 1. The summed E-state index contributed by atoms with van der Waals surface area (Å²) in [5.41, 5.74) is 1.73. The van der Waals surface area contributed by atoms with Crippen LogP contribution in [0.15, 0.2) is 47.3 Å². The smallest absolute Gasteiger partial charge is 0.265 e. The van der Waals surface area contributed by atoms with Crippen LogP contribution in [0, 0.1) is 12.8 Å². The lowest BCUT2D eigenvalue weighted by molar-refractivity contribution is -0.116. The maximum Gasteiger partial charge on any atom is 0.265 e. The molecule has 1 aromatic heterocycles. The average Bonchev–Trinajstić information content (AvgIpc) is 2.62. The Morgan fingerprint density at radius 3 is 2.67 bits per heavy atom. The standard InChI is InChI=1S/C21H23N3O3/c1-13(2)11-20(25)23-18-10-9-15(12-19(18)27-4)24-14(3)22-17-8-6-5-7-16(17)21(24)26/h5-10,12-13H,11H2,1-4H3,(H,23,25). The summed E-state index contributed by atoms with van der Waals surface area (Å²) >= 11 is 0. The van der Waals surface area contributed by atoms with Gasteiger partial charge in [-0.05, 0) is 37.1 Å². The van der Waals surface area contributed by atoms with E-state index in [9.17, 15) is 9.59 Å². The molecule has 0 saturated carbocycles. The van der Waals surface area contributed by atoms with Crippen molar-refractivity contribution < 1.29 is 9.53 Å². The van der Waals surface area contributed by atoms with Crippen LogP contribution in [0.1, 0.15) is 26.1 Å². The second-order valence-corrected chi connectivity index (χ2v) is 6.85. The molecular weight excluding hydrogens is 342 g/mol. The van der Waals surface area contributed by atoms with E-state index in [0.717, 1.165) is 0 Å². The Morgan fingerprint density at radius 1 is 1.22 bits per heavy atom. The molecule has 0 bridgehead atoms. The topological polar surface area (TPSA) is 73.2 Å². The van der Waals surface area contributed by atoms with Gasteiger partial charge in [0.15, 0.2) is 0 Å². The SMILES string of the molecule is COc1cc(-n2c(C)nc3ccccc3c2=O)ccc1NC(=O)CC(C)C. The summed E-state index contributed by atoms with van der Waals surface area (Å²) in [7, 11) is 1.53. The number of fused-ring (bicyclic) bond motifs is 1. The van der Waals surface area contributed by atoms with Crippen LogP contribution >= 0.6 is 0 Å². The molecule has 3 rings (SSSR count). The van der Waals surface area contributed by atoms with Crippen molar-refractivity contribution in [2.24, 2.45) is 5.92 Å². The van der Waals surface area contributed by atoms with Crippen molar-refractivity contribution in [1.82, 2.24) is 9.55 Å². The molecule has 0 aliphatic carbocycles. The quantitative estimate of drug-likeness (QED) is 0.748. The summed E-state index contributed by atoms with van der Waals surface area (Å²) in [5, 5.41) is 3.42. The molecule has 6 heteroatoms. The molecule has 1 heterocycles. The predicted molar refractivity (Wildman–Crippen MR) is 107 cm³/mol. The molecule has 3 aromatic rings. The van der Waals surface area contributed by atoms with Crippen LogP contribution in [0.5, 0.6) is 5.75 Å². The van der Waals surface area contributed by atoms with E-state index >= 15 is 0 Å². The maximum absolute atomic E-state index is 12.9. The summed E-state index contributed by atoms with van der Waals surface area (Å²) in [4.78, 5) is 29.5. The molecule has 0 atom stereocenters. The highest BCUT2D eigenvalue weighted by atomic mass is 16.5. The molecule has 0 radical (unpaired) electrons. The first-order valence-corrected chi connectivity index (χ1v) is 8.87. The van der Waals surface area contributed by atoms with Gasteiger partial charge in [0.2, 0.25) is 5.91 Å². The molecule has 0 aliphatic rings. The number of ether oxygens (including phenoxy) is 1. The van der Waals surface area contributed by atoms with Gasteiger partial charge < -0.3 is 10.1 Å². The van der Waals surface area contributed by atoms with Crippen molar-refractivity contribution in [3.05, 3.63) is 58.6 Å². The fourth-order valence-corrected chi connectivity index (χ4v) is 3.04. The normalized spacial score (nSPS) is 11.0. The summed E-state index contributed by atoms with van der Waals surface area (Å²) in [6.07, 6.45) is 0.429. The second kappa shape index (κ2) is 7.61. The molecular formula is C21H23N3O3. The van der Waals surface area contributed by atoms with Gasteiger partial charge in [-0.15, -0.1) is 0 Å². The number of carbonyl (C=O) groups is 1. The molecule has 1 N–H and O–H groups in total. The van der Waals surface area contributed by atoms with Gasteiger partial charge in [-0.1, -0.05) is 26.0 Å². The molecule has 6 nitrogen and oxygen atoms in total. The Morgan fingerprint density at radius 2 is 1.96 bits per heavy atom. The molecule has 0 fully saturated rings. The minimum absolute atomic E-state index is 0.0724. The zero-order valence-electron chi connectivity index (χ0n) is 15.9. The lowest BCUT2D eigenvalue weighted by Gasteiger charge is -2.15. The summed E-state index contributed by atoms with van der Waals surface area (Å²) in [6.45, 7) is 5.77. The van der Waals surface area contributed by atoms with Crippen molar-refractivity contribution in [2.45, 2.75) is 27.2 Å². The lowest BCUT2D eigenvalue weighted by atomic mass is 10.1. The fraction of sp³-hybridized carbons (Fsp3) is 0.286. The molecule has 0 unspecified atom stereocenters. The van der Waals surface area contributed by atoms with Crippen molar-refractivity contribution in [3.63, 3.8) is 0 Å². The van der Waals surface area contributed by atoms with Crippen LogP contribution < -0.4 is 15.6 Å². The molecule has 140 valence electrons. The maximum atomic E-state index is 12.9. The second-order valence-electron chi connectivity index (χ2n) is 6.85. The number of nitrogens with zero attached hydrogens (tertiary/aromatic N) is 2. The van der Waals surface area contributed by atoms with Gasteiger partial charge in [-0.2, -0.15) is 0 Å². The number of methoxy groups -OCH3 is 1.